The van der Waals surface area contributed by atoms with E-state index in [9.17, 15) is 0 Å². The van der Waals surface area contributed by atoms with Gasteiger partial charge in [0.2, 0.25) is 0 Å². The number of fused-ring (bicyclic) bond motifs is 1. The van der Waals surface area contributed by atoms with Gasteiger partial charge in [0, 0.05) is 17.0 Å². The highest BCUT2D eigenvalue weighted by molar-refractivity contribution is 6.31. The number of benzene rings is 2. The average Bonchev–Trinajstić information content (AvgIpc) is 2.97. The van der Waals surface area contributed by atoms with Gasteiger partial charge in [0.25, 0.3) is 0 Å². The SMILES string of the molecule is CCNC(c1cccc(Cl)c1C)c1cccc2c1OCC2. The Bertz CT molecular complexity index is 654. The van der Waals surface area contributed by atoms with Crippen molar-refractivity contribution in [1.82, 2.24) is 5.32 Å². The van der Waals surface area contributed by atoms with Gasteiger partial charge in [-0.2, -0.15) is 0 Å². The minimum absolute atomic E-state index is 0.113. The Balaban J connectivity index is 2.11. The van der Waals surface area contributed by atoms with Crippen LogP contribution in [0, 0.1) is 6.92 Å². The highest BCUT2D eigenvalue weighted by Crippen LogP contribution is 2.37. The first-order chi connectivity index (χ1) is 10.2. The van der Waals surface area contributed by atoms with Gasteiger partial charge in [-0.05, 0) is 36.2 Å². The maximum absolute atomic E-state index is 6.30. The van der Waals surface area contributed by atoms with E-state index >= 15 is 0 Å². The topological polar surface area (TPSA) is 21.3 Å². The number of hydrogen-bond donors (Lipinski definition) is 1. The van der Waals surface area contributed by atoms with Crippen molar-refractivity contribution in [1.29, 1.82) is 0 Å². The third kappa shape index (κ3) is 2.66. The van der Waals surface area contributed by atoms with Crippen LogP contribution in [-0.2, 0) is 6.42 Å². The number of hydrogen-bond acceptors (Lipinski definition) is 2. The number of halogens is 1. The second-order valence-electron chi connectivity index (χ2n) is 5.38. The molecule has 3 rings (SSSR count). The molecule has 0 amide bonds. The van der Waals surface area contributed by atoms with Crippen molar-refractivity contribution in [2.75, 3.05) is 13.2 Å². The molecule has 2 nitrogen and oxygen atoms in total. The van der Waals surface area contributed by atoms with Crippen LogP contribution < -0.4 is 10.1 Å². The average molecular weight is 302 g/mol. The molecule has 0 aromatic heterocycles. The quantitative estimate of drug-likeness (QED) is 0.910. The molecule has 0 spiro atoms. The minimum Gasteiger partial charge on any atom is -0.493 e. The first kappa shape index (κ1) is 14.4. The largest absolute Gasteiger partial charge is 0.493 e. The second-order valence-corrected chi connectivity index (χ2v) is 5.79. The van der Waals surface area contributed by atoms with Crippen molar-refractivity contribution in [2.45, 2.75) is 26.3 Å². The fourth-order valence-corrected chi connectivity index (χ4v) is 3.18. The highest BCUT2D eigenvalue weighted by Gasteiger charge is 2.24. The van der Waals surface area contributed by atoms with Gasteiger partial charge < -0.3 is 10.1 Å². The molecule has 1 unspecified atom stereocenters. The van der Waals surface area contributed by atoms with Gasteiger partial charge in [-0.15, -0.1) is 0 Å². The first-order valence-corrected chi connectivity index (χ1v) is 7.83. The van der Waals surface area contributed by atoms with Crippen molar-refractivity contribution in [2.24, 2.45) is 0 Å². The molecule has 1 atom stereocenters. The van der Waals surface area contributed by atoms with E-state index in [0.29, 0.717) is 0 Å². The predicted molar refractivity (Wildman–Crippen MR) is 87.3 cm³/mol. The molecule has 0 saturated heterocycles. The van der Waals surface area contributed by atoms with Crippen molar-refractivity contribution < 1.29 is 4.74 Å². The molecule has 1 heterocycles. The van der Waals surface area contributed by atoms with E-state index in [1.807, 2.05) is 12.1 Å². The zero-order valence-corrected chi connectivity index (χ0v) is 13.2. The molecule has 2 aromatic carbocycles. The molecule has 110 valence electrons. The summed E-state index contributed by atoms with van der Waals surface area (Å²) in [4.78, 5) is 0. The molecule has 1 N–H and O–H groups in total. The summed E-state index contributed by atoms with van der Waals surface area (Å²) in [7, 11) is 0. The first-order valence-electron chi connectivity index (χ1n) is 7.45. The van der Waals surface area contributed by atoms with Crippen LogP contribution in [0.5, 0.6) is 5.75 Å². The van der Waals surface area contributed by atoms with Gasteiger partial charge in [-0.25, -0.2) is 0 Å². The van der Waals surface area contributed by atoms with Gasteiger partial charge in [0.05, 0.1) is 12.6 Å². The van der Waals surface area contributed by atoms with Crippen molar-refractivity contribution >= 4 is 11.6 Å². The van der Waals surface area contributed by atoms with Crippen LogP contribution in [0.25, 0.3) is 0 Å². The Hall–Kier alpha value is -1.51. The number of ether oxygens (including phenoxy) is 1. The van der Waals surface area contributed by atoms with E-state index in [0.717, 1.165) is 35.9 Å². The molecule has 21 heavy (non-hydrogen) atoms. The van der Waals surface area contributed by atoms with E-state index in [2.05, 4.69) is 43.4 Å². The van der Waals surface area contributed by atoms with Crippen LogP contribution in [0.1, 0.15) is 35.2 Å². The normalized spacial score (nSPS) is 14.6. The monoisotopic (exact) mass is 301 g/mol. The fraction of sp³-hybridized carbons (Fsp3) is 0.333. The lowest BCUT2D eigenvalue weighted by Crippen LogP contribution is -2.23. The van der Waals surface area contributed by atoms with Gasteiger partial charge >= 0.3 is 0 Å². The summed E-state index contributed by atoms with van der Waals surface area (Å²) < 4.78 is 5.88. The lowest BCUT2D eigenvalue weighted by atomic mass is 9.93. The van der Waals surface area contributed by atoms with Crippen LogP contribution in [0.2, 0.25) is 5.02 Å². The van der Waals surface area contributed by atoms with Crippen LogP contribution >= 0.6 is 11.6 Å². The zero-order chi connectivity index (χ0) is 14.8. The van der Waals surface area contributed by atoms with E-state index in [1.54, 1.807) is 0 Å². The summed E-state index contributed by atoms with van der Waals surface area (Å²) >= 11 is 6.30. The fourth-order valence-electron chi connectivity index (χ4n) is 3.00. The van der Waals surface area contributed by atoms with Crippen LogP contribution in [0.3, 0.4) is 0 Å². The predicted octanol–water partition coefficient (Wildman–Crippen LogP) is 4.28. The number of nitrogens with one attached hydrogen (secondary N) is 1. The standard InChI is InChI=1S/C18H20ClNO/c1-3-20-17(14-7-5-9-16(19)12(14)2)15-8-4-6-13-10-11-21-18(13)15/h4-9,17,20H,3,10-11H2,1-2H3. The summed E-state index contributed by atoms with van der Waals surface area (Å²) in [5.74, 6) is 1.04. The molecular formula is C18H20ClNO. The van der Waals surface area contributed by atoms with Gasteiger partial charge in [-0.3, -0.25) is 0 Å². The zero-order valence-electron chi connectivity index (χ0n) is 12.4. The molecule has 2 aromatic rings. The van der Waals surface area contributed by atoms with Crippen molar-refractivity contribution in [3.8, 4) is 5.75 Å². The minimum atomic E-state index is 0.113. The van der Waals surface area contributed by atoms with Crippen LogP contribution in [-0.4, -0.2) is 13.2 Å². The summed E-state index contributed by atoms with van der Waals surface area (Å²) in [6.45, 7) is 5.86. The van der Waals surface area contributed by atoms with Gasteiger partial charge in [0.15, 0.2) is 0 Å². The van der Waals surface area contributed by atoms with E-state index in [4.69, 9.17) is 16.3 Å². The molecule has 1 aliphatic heterocycles. The van der Waals surface area contributed by atoms with Gasteiger partial charge in [-0.1, -0.05) is 48.9 Å². The van der Waals surface area contributed by atoms with Gasteiger partial charge in [0.1, 0.15) is 5.75 Å². The maximum Gasteiger partial charge on any atom is 0.127 e. The summed E-state index contributed by atoms with van der Waals surface area (Å²) in [6, 6.07) is 12.6. The van der Waals surface area contributed by atoms with E-state index in [-0.39, 0.29) is 6.04 Å². The molecule has 0 saturated carbocycles. The van der Waals surface area contributed by atoms with E-state index in [1.165, 1.54) is 16.7 Å². The van der Waals surface area contributed by atoms with Crippen molar-refractivity contribution in [3.05, 3.63) is 63.7 Å². The number of rotatable bonds is 4. The Morgan fingerprint density at radius 3 is 2.76 bits per heavy atom. The smallest absolute Gasteiger partial charge is 0.127 e. The Morgan fingerprint density at radius 1 is 1.19 bits per heavy atom. The van der Waals surface area contributed by atoms with E-state index < -0.39 is 0 Å². The maximum atomic E-state index is 6.30. The second kappa shape index (κ2) is 6.08. The Labute approximate surface area is 131 Å². The third-order valence-corrected chi connectivity index (χ3v) is 4.49. The summed E-state index contributed by atoms with van der Waals surface area (Å²) in [5, 5.41) is 4.38. The molecule has 0 radical (unpaired) electrons. The van der Waals surface area contributed by atoms with Crippen molar-refractivity contribution in [3.63, 3.8) is 0 Å². The molecule has 0 aliphatic carbocycles. The Morgan fingerprint density at radius 2 is 1.95 bits per heavy atom. The molecule has 1 aliphatic rings. The third-order valence-electron chi connectivity index (χ3n) is 4.08. The lowest BCUT2D eigenvalue weighted by molar-refractivity contribution is 0.350. The Kier molecular flexibility index (Phi) is 4.18. The lowest BCUT2D eigenvalue weighted by Gasteiger charge is -2.23. The highest BCUT2D eigenvalue weighted by atomic mass is 35.5. The molecule has 3 heteroatoms. The summed E-state index contributed by atoms with van der Waals surface area (Å²) in [6.07, 6.45) is 0.997. The van der Waals surface area contributed by atoms with Crippen LogP contribution in [0.4, 0.5) is 0 Å². The number of para-hydroxylation sites is 1. The van der Waals surface area contributed by atoms with Crippen LogP contribution in [0.15, 0.2) is 36.4 Å². The molecule has 0 fully saturated rings. The molecular weight excluding hydrogens is 282 g/mol. The molecule has 0 bridgehead atoms. The summed E-state index contributed by atoms with van der Waals surface area (Å²) in [5.41, 5.74) is 4.85.